The van der Waals surface area contributed by atoms with E-state index in [2.05, 4.69) is 513 Å². The SMILES string of the molecule is c1ccc(-n2c3ccccc3c3ccc(-c4ccc5c6ccccc6n(-c6ccc7oc8c(-c9cc(-c%10ccc%11c%12cc(-c%13ccc%14c%15ccc(-c%16ccc%17c%18ccccc%18n(-c%18ccccc%18)c%17c%16)cc%15n(-c%15cccc(-c%16cccc(-c%17ccc%18c(c%17)oc%17ccccc%17%18)c%16)c%15)c%14c%13)ccc%12n(-c%12ccccc%12)c%11c%10)cc%10c9c9ccccc9n%10-c9cccc%10c9oc9ccccc9%10)cccc8c7c6)c5c4)cc32)cc1. The van der Waals surface area contributed by atoms with Gasteiger partial charge in [-0.1, -0.05) is 309 Å². The normalized spacial score (nSPS) is 12.2. The first-order valence-electron chi connectivity index (χ1n) is 50.4. The third-order valence-corrected chi connectivity index (χ3v) is 31.4. The molecule has 9 aromatic heterocycles. The van der Waals surface area contributed by atoms with E-state index >= 15 is 0 Å². The molecule has 0 fully saturated rings. The second-order valence-electron chi connectivity index (χ2n) is 39.3. The highest BCUT2D eigenvalue weighted by molar-refractivity contribution is 6.24. The van der Waals surface area contributed by atoms with Gasteiger partial charge < -0.3 is 40.7 Å². The molecular formula is C138H82N6O3. The van der Waals surface area contributed by atoms with Crippen LogP contribution in [0.4, 0.5) is 0 Å². The highest BCUT2D eigenvalue weighted by Crippen LogP contribution is 2.51. The Labute approximate surface area is 840 Å². The number of hydrogen-bond acceptors (Lipinski definition) is 3. The van der Waals surface area contributed by atoms with Crippen molar-refractivity contribution in [3.63, 3.8) is 0 Å². The van der Waals surface area contributed by atoms with Crippen LogP contribution in [-0.2, 0) is 0 Å². The standard InChI is InChI=1S/C138H82N6O3/c1-4-29-95(30-5-1)139-119-45-16-10-36-100(119)103-61-53-88(75-125(103)139)90-55-63-105-102-38-12-18-47-121(102)142(127(105)77-90)99-60-69-134-117(82-99)113-42-24-43-114(137(113)146-134)118-73-94(80-131-136(118)115-41-13-19-48-122(115)144(131)124-49-25-44-112-110-40-15-21-51-133(110)147-138(112)124)92-57-66-108-116-72-86(59-68-123(116)141(130(108)79-92)97-33-8-3-9-34-97)87-52-64-106-107-65-56-91(89-54-62-104-101-37-11-17-46-120(101)140(126(104)76-89)96-31-6-2-7-32-96)78-129(107)143(128(106)74-87)98-35-23-28-85(71-98)83-26-22-27-84(70-83)93-58-67-111-109-39-14-20-50-132(109)145-135(111)81-93/h1-82H. The highest BCUT2D eigenvalue weighted by Gasteiger charge is 2.29. The van der Waals surface area contributed by atoms with Crippen LogP contribution < -0.4 is 0 Å². The van der Waals surface area contributed by atoms with E-state index < -0.39 is 0 Å². The molecule has 0 saturated carbocycles. The average molecular weight is 1870 g/mol. The number of benzene rings is 23. The van der Waals surface area contributed by atoms with Crippen LogP contribution in [0.25, 0.3) is 309 Å². The zero-order valence-corrected chi connectivity index (χ0v) is 79.3. The van der Waals surface area contributed by atoms with Gasteiger partial charge in [-0.15, -0.1) is 0 Å². The van der Waals surface area contributed by atoms with E-state index in [4.69, 9.17) is 13.3 Å². The van der Waals surface area contributed by atoms with E-state index in [1.807, 2.05) is 12.1 Å². The predicted octanol–water partition coefficient (Wildman–Crippen LogP) is 37.6. The van der Waals surface area contributed by atoms with Crippen LogP contribution in [0.2, 0.25) is 0 Å². The van der Waals surface area contributed by atoms with Gasteiger partial charge in [0.1, 0.15) is 27.9 Å². The van der Waals surface area contributed by atoms with E-state index in [1.165, 1.54) is 59.6 Å². The smallest absolute Gasteiger partial charge is 0.159 e. The number of para-hydroxylation sites is 11. The Morgan fingerprint density at radius 3 is 0.973 bits per heavy atom. The lowest BCUT2D eigenvalue weighted by molar-refractivity contribution is 0.666. The van der Waals surface area contributed by atoms with Crippen molar-refractivity contribution in [2.24, 2.45) is 0 Å². The van der Waals surface area contributed by atoms with Gasteiger partial charge in [-0.25, -0.2) is 0 Å². The molecule has 9 heterocycles. The quantitative estimate of drug-likeness (QED) is 0.115. The molecule has 0 amide bonds. The molecule has 0 aliphatic rings. The molecule has 0 radical (unpaired) electrons. The van der Waals surface area contributed by atoms with Crippen LogP contribution in [0.15, 0.2) is 511 Å². The minimum atomic E-state index is 0.807. The molecule has 9 nitrogen and oxygen atoms in total. The van der Waals surface area contributed by atoms with E-state index in [9.17, 15) is 0 Å². The van der Waals surface area contributed by atoms with Crippen LogP contribution >= 0.6 is 0 Å². The Balaban J connectivity index is 0.558. The van der Waals surface area contributed by atoms with Gasteiger partial charge in [0.05, 0.1) is 71.9 Å². The molecule has 0 aliphatic carbocycles. The molecule has 9 heteroatoms. The third-order valence-electron chi connectivity index (χ3n) is 31.4. The fourth-order valence-electron chi connectivity index (χ4n) is 24.7. The highest BCUT2D eigenvalue weighted by atomic mass is 16.3. The van der Waals surface area contributed by atoms with E-state index in [0.717, 1.165) is 249 Å². The summed E-state index contributed by atoms with van der Waals surface area (Å²) in [5.41, 5.74) is 40.3. The topological polar surface area (TPSA) is 69.0 Å². The number of nitrogens with zero attached hydrogens (tertiary/aromatic N) is 6. The second-order valence-corrected chi connectivity index (χ2v) is 39.3. The Bertz CT molecular complexity index is 11300. The van der Waals surface area contributed by atoms with Crippen molar-refractivity contribution in [3.8, 4) is 112 Å². The Hall–Kier alpha value is -19.7. The summed E-state index contributed by atoms with van der Waals surface area (Å²) >= 11 is 0. The van der Waals surface area contributed by atoms with E-state index in [0.29, 0.717) is 0 Å². The van der Waals surface area contributed by atoms with Crippen LogP contribution in [0.5, 0.6) is 0 Å². The molecule has 0 atom stereocenters. The first-order valence-corrected chi connectivity index (χ1v) is 50.4. The van der Waals surface area contributed by atoms with Crippen molar-refractivity contribution < 1.29 is 13.3 Å². The molecule has 0 unspecified atom stereocenters. The first-order chi connectivity index (χ1) is 72.9. The fourth-order valence-corrected chi connectivity index (χ4v) is 24.7. The third kappa shape index (κ3) is 12.2. The maximum Gasteiger partial charge on any atom is 0.159 e. The van der Waals surface area contributed by atoms with Crippen LogP contribution in [0.3, 0.4) is 0 Å². The molecular weight excluding hydrogens is 1790 g/mol. The van der Waals surface area contributed by atoms with Crippen LogP contribution in [0.1, 0.15) is 0 Å². The molecule has 32 aromatic rings. The predicted molar refractivity (Wildman–Crippen MR) is 612 cm³/mol. The van der Waals surface area contributed by atoms with Crippen molar-refractivity contribution in [3.05, 3.63) is 497 Å². The lowest BCUT2D eigenvalue weighted by Gasteiger charge is -2.14. The maximum absolute atomic E-state index is 7.47. The molecule has 0 aliphatic heterocycles. The summed E-state index contributed by atoms with van der Waals surface area (Å²) in [5, 5.41) is 20.6. The summed E-state index contributed by atoms with van der Waals surface area (Å²) in [5.74, 6) is 0. The van der Waals surface area contributed by atoms with Gasteiger partial charge in [-0.2, -0.15) is 0 Å². The van der Waals surface area contributed by atoms with Gasteiger partial charge in [-0.05, 0) is 260 Å². The molecule has 0 spiro atoms. The molecule has 32 rings (SSSR count). The van der Waals surface area contributed by atoms with Gasteiger partial charge in [0.15, 0.2) is 5.58 Å². The summed E-state index contributed by atoms with van der Waals surface area (Å²) in [4.78, 5) is 0. The fraction of sp³-hybridized carbons (Fsp3) is 0. The van der Waals surface area contributed by atoms with Gasteiger partial charge in [0.2, 0.25) is 0 Å². The van der Waals surface area contributed by atoms with Crippen LogP contribution in [0, 0.1) is 0 Å². The number of aromatic nitrogens is 6. The number of rotatable bonds is 13. The number of fused-ring (bicyclic) bond motifs is 27. The number of hydrogen-bond donors (Lipinski definition) is 0. The lowest BCUT2D eigenvalue weighted by Crippen LogP contribution is -1.96. The molecule has 147 heavy (non-hydrogen) atoms. The molecule has 0 saturated heterocycles. The first kappa shape index (κ1) is 81.0. The Kier molecular flexibility index (Phi) is 17.3. The van der Waals surface area contributed by atoms with Crippen molar-refractivity contribution in [2.45, 2.75) is 0 Å². The molecule has 23 aromatic carbocycles. The van der Waals surface area contributed by atoms with Crippen LogP contribution in [-0.4, -0.2) is 27.4 Å². The molecule has 0 bridgehead atoms. The summed E-state index contributed by atoms with van der Waals surface area (Å²) in [6.45, 7) is 0. The van der Waals surface area contributed by atoms with Crippen molar-refractivity contribution in [1.29, 1.82) is 0 Å². The van der Waals surface area contributed by atoms with Crippen molar-refractivity contribution in [2.75, 3.05) is 0 Å². The monoisotopic (exact) mass is 1870 g/mol. The van der Waals surface area contributed by atoms with Gasteiger partial charge >= 0.3 is 0 Å². The Morgan fingerprint density at radius 1 is 0.122 bits per heavy atom. The molecule has 0 N–H and O–H groups in total. The average Bonchev–Trinajstić information content (AvgIpc) is 1.55. The summed E-state index contributed by atoms with van der Waals surface area (Å²) in [6.07, 6.45) is 0. The van der Waals surface area contributed by atoms with Crippen molar-refractivity contribution in [1.82, 2.24) is 27.4 Å². The minimum Gasteiger partial charge on any atom is -0.456 e. The zero-order valence-electron chi connectivity index (χ0n) is 79.3. The summed E-state index contributed by atoms with van der Waals surface area (Å²) < 4.78 is 35.7. The van der Waals surface area contributed by atoms with Gasteiger partial charge in [0, 0.05) is 131 Å². The van der Waals surface area contributed by atoms with E-state index in [-0.39, 0.29) is 0 Å². The minimum absolute atomic E-state index is 0.807. The second kappa shape index (κ2) is 31.4. The van der Waals surface area contributed by atoms with Gasteiger partial charge in [0.25, 0.3) is 0 Å². The van der Waals surface area contributed by atoms with E-state index in [1.54, 1.807) is 0 Å². The van der Waals surface area contributed by atoms with Gasteiger partial charge in [-0.3, -0.25) is 0 Å². The maximum atomic E-state index is 7.47. The van der Waals surface area contributed by atoms with Crippen molar-refractivity contribution >= 4 is 197 Å². The largest absolute Gasteiger partial charge is 0.456 e. The molecule has 682 valence electrons. The zero-order chi connectivity index (χ0) is 95.9. The summed E-state index contributed by atoms with van der Waals surface area (Å²) in [6, 6.07) is 183. The Morgan fingerprint density at radius 2 is 0.442 bits per heavy atom. The lowest BCUT2D eigenvalue weighted by atomic mass is 9.93. The number of furan rings is 3. The summed E-state index contributed by atoms with van der Waals surface area (Å²) in [7, 11) is 0.